The van der Waals surface area contributed by atoms with Crippen molar-refractivity contribution in [3.05, 3.63) is 24.4 Å². The Hall–Kier alpha value is -2.02. The average Bonchev–Trinajstić information content (AvgIpc) is 2.65. The highest BCUT2D eigenvalue weighted by Crippen LogP contribution is 2.12. The molecule has 78 valence electrons. The maximum absolute atomic E-state index is 8.75. The molecule has 0 fully saturated rings. The molecule has 0 aliphatic carbocycles. The number of nitrogens with zero attached hydrogens (tertiary/aromatic N) is 5. The van der Waals surface area contributed by atoms with Gasteiger partial charge in [0.05, 0.1) is 24.7 Å². The third-order valence-electron chi connectivity index (χ3n) is 1.62. The fourth-order valence-corrected chi connectivity index (χ4v) is 0.937. The van der Waals surface area contributed by atoms with Crippen LogP contribution in [0, 0.1) is 0 Å². The quantitative estimate of drug-likeness (QED) is 0.755. The number of ether oxygens (including phenoxy) is 1. The van der Waals surface area contributed by atoms with E-state index >= 15 is 0 Å². The van der Waals surface area contributed by atoms with Crippen molar-refractivity contribution in [2.75, 3.05) is 0 Å². The molecule has 0 saturated carbocycles. The lowest BCUT2D eigenvalue weighted by Gasteiger charge is -1.99. The molecule has 1 N–H and O–H groups in total. The van der Waals surface area contributed by atoms with Gasteiger partial charge in [-0.1, -0.05) is 0 Å². The Kier molecular flexibility index (Phi) is 2.55. The van der Waals surface area contributed by atoms with Crippen molar-refractivity contribution in [3.63, 3.8) is 0 Å². The van der Waals surface area contributed by atoms with Gasteiger partial charge >= 0.3 is 6.01 Å². The van der Waals surface area contributed by atoms with Crippen LogP contribution in [0.25, 0.3) is 0 Å². The Morgan fingerprint density at radius 2 is 2.20 bits per heavy atom. The second-order valence-electron chi connectivity index (χ2n) is 2.81. The van der Waals surface area contributed by atoms with Gasteiger partial charge in [-0.3, -0.25) is 9.67 Å². The summed E-state index contributed by atoms with van der Waals surface area (Å²) in [6.45, 7) is -0.144. The van der Waals surface area contributed by atoms with Crippen molar-refractivity contribution < 1.29 is 9.84 Å². The van der Waals surface area contributed by atoms with Gasteiger partial charge in [0.25, 0.3) is 0 Å². The Bertz CT molecular complexity index is 439. The van der Waals surface area contributed by atoms with Gasteiger partial charge in [-0.25, -0.2) is 4.98 Å². The van der Waals surface area contributed by atoms with E-state index in [2.05, 4.69) is 20.1 Å². The van der Waals surface area contributed by atoms with Crippen LogP contribution >= 0.6 is 0 Å². The van der Waals surface area contributed by atoms with E-state index in [9.17, 15) is 0 Å². The number of aryl methyl sites for hydroxylation is 1. The van der Waals surface area contributed by atoms with Crippen LogP contribution in [0.2, 0.25) is 0 Å². The van der Waals surface area contributed by atoms with Gasteiger partial charge in [0.15, 0.2) is 0 Å². The summed E-state index contributed by atoms with van der Waals surface area (Å²) in [6, 6.07) is 0.212. The average molecular weight is 207 g/mol. The molecule has 0 bridgehead atoms. The summed E-state index contributed by atoms with van der Waals surface area (Å²) in [6.07, 6.45) is 4.35. The predicted octanol–water partition coefficient (Wildman–Crippen LogP) is -0.110. The third-order valence-corrected chi connectivity index (χ3v) is 1.62. The Morgan fingerprint density at radius 1 is 1.33 bits per heavy atom. The van der Waals surface area contributed by atoms with Crippen molar-refractivity contribution in [2.45, 2.75) is 6.61 Å². The van der Waals surface area contributed by atoms with E-state index in [1.807, 2.05) is 0 Å². The second-order valence-corrected chi connectivity index (χ2v) is 2.81. The molecule has 0 atom stereocenters. The molecule has 0 aliphatic heterocycles. The normalized spacial score (nSPS) is 10.3. The van der Waals surface area contributed by atoms with Crippen LogP contribution in [0.1, 0.15) is 5.69 Å². The predicted molar refractivity (Wildman–Crippen MR) is 49.0 cm³/mol. The summed E-state index contributed by atoms with van der Waals surface area (Å²) in [4.78, 5) is 11.7. The molecule has 2 aromatic rings. The zero-order chi connectivity index (χ0) is 10.7. The van der Waals surface area contributed by atoms with E-state index in [4.69, 9.17) is 9.84 Å². The van der Waals surface area contributed by atoms with Gasteiger partial charge < -0.3 is 9.84 Å². The van der Waals surface area contributed by atoms with Crippen LogP contribution < -0.4 is 4.74 Å². The first kappa shape index (κ1) is 9.53. The van der Waals surface area contributed by atoms with Gasteiger partial charge in [-0.15, -0.1) is 5.10 Å². The summed E-state index contributed by atoms with van der Waals surface area (Å²) >= 11 is 0. The molecule has 2 rings (SSSR count). The summed E-state index contributed by atoms with van der Waals surface area (Å²) in [5.74, 6) is 0.290. The van der Waals surface area contributed by atoms with E-state index in [1.54, 1.807) is 7.05 Å². The van der Waals surface area contributed by atoms with Gasteiger partial charge in [0, 0.05) is 7.05 Å². The molecule has 7 nitrogen and oxygen atoms in total. The van der Waals surface area contributed by atoms with Crippen LogP contribution in [0.3, 0.4) is 0 Å². The van der Waals surface area contributed by atoms with E-state index in [0.717, 1.165) is 0 Å². The molecular formula is C8H9N5O2. The third kappa shape index (κ3) is 2.26. The highest BCUT2D eigenvalue weighted by molar-refractivity contribution is 5.10. The first-order valence-electron chi connectivity index (χ1n) is 4.23. The molecule has 0 radical (unpaired) electrons. The Morgan fingerprint density at radius 3 is 2.73 bits per heavy atom. The van der Waals surface area contributed by atoms with Crippen LogP contribution in [-0.4, -0.2) is 29.8 Å². The van der Waals surface area contributed by atoms with E-state index < -0.39 is 0 Å². The number of hydrogen-bond donors (Lipinski definition) is 1. The van der Waals surface area contributed by atoms with Crippen LogP contribution in [0.5, 0.6) is 11.9 Å². The monoisotopic (exact) mass is 207 g/mol. The summed E-state index contributed by atoms with van der Waals surface area (Å²) in [5.41, 5.74) is 0.483. The topological polar surface area (TPSA) is 86.0 Å². The first-order chi connectivity index (χ1) is 7.28. The fraction of sp³-hybridized carbons (Fsp3) is 0.250. The lowest BCUT2D eigenvalue weighted by atomic mass is 10.5. The van der Waals surface area contributed by atoms with Crippen LogP contribution in [0.4, 0.5) is 0 Å². The number of aromatic nitrogens is 5. The molecule has 0 aliphatic rings. The fourth-order valence-electron chi connectivity index (χ4n) is 0.937. The molecule has 2 heterocycles. The second kappa shape index (κ2) is 4.01. The maximum Gasteiger partial charge on any atom is 0.342 e. The minimum absolute atomic E-state index is 0.144. The number of hydrogen-bond acceptors (Lipinski definition) is 6. The molecule has 0 spiro atoms. The maximum atomic E-state index is 8.75. The molecule has 7 heteroatoms. The van der Waals surface area contributed by atoms with Crippen LogP contribution in [0.15, 0.2) is 18.7 Å². The zero-order valence-electron chi connectivity index (χ0n) is 8.03. The molecule has 0 amide bonds. The number of aliphatic hydroxyl groups excluding tert-OH is 1. The zero-order valence-corrected chi connectivity index (χ0v) is 8.03. The standard InChI is InChI=1S/C8H9N5O2/c1-13-5-11-8(12-13)15-7-3-9-6(4-14)2-10-7/h2-3,5,14H,4H2,1H3. The minimum atomic E-state index is -0.144. The first-order valence-corrected chi connectivity index (χ1v) is 4.23. The van der Waals surface area contributed by atoms with E-state index in [0.29, 0.717) is 11.6 Å². The highest BCUT2D eigenvalue weighted by atomic mass is 16.5. The molecule has 2 aromatic heterocycles. The van der Waals surface area contributed by atoms with Crippen LogP contribution in [-0.2, 0) is 13.7 Å². The summed E-state index contributed by atoms with van der Waals surface area (Å²) in [5, 5.41) is 12.7. The SMILES string of the molecule is Cn1cnc(Oc2cnc(CO)cn2)n1. The highest BCUT2D eigenvalue weighted by Gasteiger charge is 2.03. The largest absolute Gasteiger partial charge is 0.402 e. The lowest BCUT2D eigenvalue weighted by molar-refractivity contribution is 0.275. The van der Waals surface area contributed by atoms with Crippen molar-refractivity contribution in [2.24, 2.45) is 7.05 Å². The van der Waals surface area contributed by atoms with E-state index in [1.165, 1.54) is 23.4 Å². The molecule has 0 saturated heterocycles. The van der Waals surface area contributed by atoms with Gasteiger partial charge in [-0.05, 0) is 0 Å². The molecule has 0 unspecified atom stereocenters. The van der Waals surface area contributed by atoms with E-state index in [-0.39, 0.29) is 12.6 Å². The van der Waals surface area contributed by atoms with Crippen molar-refractivity contribution in [3.8, 4) is 11.9 Å². The summed E-state index contributed by atoms with van der Waals surface area (Å²) in [7, 11) is 1.74. The van der Waals surface area contributed by atoms with Gasteiger partial charge in [-0.2, -0.15) is 4.98 Å². The Labute approximate surface area is 85.4 Å². The van der Waals surface area contributed by atoms with Crippen molar-refractivity contribution >= 4 is 0 Å². The lowest BCUT2D eigenvalue weighted by Crippen LogP contribution is -1.95. The number of rotatable bonds is 3. The van der Waals surface area contributed by atoms with Crippen molar-refractivity contribution in [1.29, 1.82) is 0 Å². The Balaban J connectivity index is 2.11. The molecular weight excluding hydrogens is 198 g/mol. The molecule has 0 aromatic carbocycles. The minimum Gasteiger partial charge on any atom is -0.402 e. The summed E-state index contributed by atoms with van der Waals surface area (Å²) < 4.78 is 6.72. The van der Waals surface area contributed by atoms with Crippen molar-refractivity contribution in [1.82, 2.24) is 24.7 Å². The smallest absolute Gasteiger partial charge is 0.342 e. The molecule has 15 heavy (non-hydrogen) atoms. The van der Waals surface area contributed by atoms with Gasteiger partial charge in [0.2, 0.25) is 5.88 Å². The number of aliphatic hydroxyl groups is 1. The van der Waals surface area contributed by atoms with Gasteiger partial charge in [0.1, 0.15) is 6.33 Å².